The molecule has 2 aliphatic rings. The molecule has 4 nitrogen and oxygen atoms in total. The van der Waals surface area contributed by atoms with Gasteiger partial charge < -0.3 is 16.0 Å². The van der Waals surface area contributed by atoms with Gasteiger partial charge in [-0.05, 0) is 36.9 Å². The van der Waals surface area contributed by atoms with Gasteiger partial charge in [-0.3, -0.25) is 0 Å². The molecule has 0 saturated heterocycles. The van der Waals surface area contributed by atoms with Gasteiger partial charge in [-0.2, -0.15) is 0 Å². The number of carbonyl (C=O) groups excluding carboxylic acids is 1. The highest BCUT2D eigenvalue weighted by atomic mass is 16.2. The maximum absolute atomic E-state index is 12.0. The molecule has 0 spiro atoms. The van der Waals surface area contributed by atoms with Crippen LogP contribution in [-0.4, -0.2) is 25.2 Å². The van der Waals surface area contributed by atoms with Crippen LogP contribution < -0.4 is 16.0 Å². The normalized spacial score (nSPS) is 22.4. The fourth-order valence-corrected chi connectivity index (χ4v) is 3.45. The first kappa shape index (κ1) is 14.4. The van der Waals surface area contributed by atoms with Crippen molar-refractivity contribution in [3.05, 3.63) is 35.4 Å². The van der Waals surface area contributed by atoms with Gasteiger partial charge in [0, 0.05) is 18.6 Å². The van der Waals surface area contributed by atoms with E-state index in [2.05, 4.69) is 40.2 Å². The first-order valence-corrected chi connectivity index (χ1v) is 8.18. The summed E-state index contributed by atoms with van der Waals surface area (Å²) < 4.78 is 0. The molecule has 1 saturated carbocycles. The van der Waals surface area contributed by atoms with Gasteiger partial charge in [-0.25, -0.2) is 4.79 Å². The standard InChI is InChI=1S/C17H25N3O/c21-17(20-14-7-2-1-3-8-14)19-12-16-15-9-5-4-6-13(15)10-11-18-16/h4-6,9,14,16,18H,1-3,7-8,10-12H2,(H2,19,20,21). The quantitative estimate of drug-likeness (QED) is 0.800. The summed E-state index contributed by atoms with van der Waals surface area (Å²) in [6.07, 6.45) is 7.10. The molecule has 1 atom stereocenters. The van der Waals surface area contributed by atoms with Gasteiger partial charge in [0.2, 0.25) is 0 Å². The molecule has 21 heavy (non-hydrogen) atoms. The third-order valence-corrected chi connectivity index (χ3v) is 4.62. The number of hydrogen-bond donors (Lipinski definition) is 3. The van der Waals surface area contributed by atoms with Crippen molar-refractivity contribution in [2.75, 3.05) is 13.1 Å². The van der Waals surface area contributed by atoms with Crippen LogP contribution in [0.15, 0.2) is 24.3 Å². The van der Waals surface area contributed by atoms with E-state index in [1.165, 1.54) is 30.4 Å². The highest BCUT2D eigenvalue weighted by Crippen LogP contribution is 2.22. The predicted octanol–water partition coefficient (Wildman–Crippen LogP) is 2.51. The van der Waals surface area contributed by atoms with E-state index >= 15 is 0 Å². The summed E-state index contributed by atoms with van der Waals surface area (Å²) in [6, 6.07) is 9.08. The minimum Gasteiger partial charge on any atom is -0.336 e. The average molecular weight is 287 g/mol. The zero-order valence-electron chi connectivity index (χ0n) is 12.5. The van der Waals surface area contributed by atoms with Crippen LogP contribution in [0.2, 0.25) is 0 Å². The SMILES string of the molecule is O=C(NCC1NCCc2ccccc21)NC1CCCCC1. The lowest BCUT2D eigenvalue weighted by atomic mass is 9.94. The zero-order valence-corrected chi connectivity index (χ0v) is 12.5. The Morgan fingerprint density at radius 2 is 2.00 bits per heavy atom. The van der Waals surface area contributed by atoms with Gasteiger partial charge in [-0.1, -0.05) is 43.5 Å². The largest absolute Gasteiger partial charge is 0.336 e. The second-order valence-corrected chi connectivity index (χ2v) is 6.14. The second kappa shape index (κ2) is 6.94. The van der Waals surface area contributed by atoms with Crippen LogP contribution in [0.3, 0.4) is 0 Å². The van der Waals surface area contributed by atoms with Crippen molar-refractivity contribution in [1.29, 1.82) is 0 Å². The predicted molar refractivity (Wildman–Crippen MR) is 84.3 cm³/mol. The van der Waals surface area contributed by atoms with Crippen LogP contribution in [0.4, 0.5) is 4.79 Å². The number of amides is 2. The third-order valence-electron chi connectivity index (χ3n) is 4.62. The molecule has 3 rings (SSSR count). The Kier molecular flexibility index (Phi) is 4.76. The molecule has 1 unspecified atom stereocenters. The van der Waals surface area contributed by atoms with Crippen molar-refractivity contribution in [3.8, 4) is 0 Å². The first-order chi connectivity index (χ1) is 10.3. The molecule has 114 valence electrons. The minimum absolute atomic E-state index is 0.0215. The topological polar surface area (TPSA) is 53.2 Å². The molecule has 4 heteroatoms. The Labute approximate surface area is 126 Å². The fraction of sp³-hybridized carbons (Fsp3) is 0.588. The summed E-state index contributed by atoms with van der Waals surface area (Å²) in [7, 11) is 0. The monoisotopic (exact) mass is 287 g/mol. The second-order valence-electron chi connectivity index (χ2n) is 6.14. The van der Waals surface area contributed by atoms with Crippen molar-refractivity contribution in [2.45, 2.75) is 50.6 Å². The number of urea groups is 1. The summed E-state index contributed by atoms with van der Waals surface area (Å²) >= 11 is 0. The summed E-state index contributed by atoms with van der Waals surface area (Å²) in [6.45, 7) is 1.63. The van der Waals surface area contributed by atoms with Crippen molar-refractivity contribution < 1.29 is 4.79 Å². The Bertz CT molecular complexity index is 483. The summed E-state index contributed by atoms with van der Waals surface area (Å²) in [5, 5.41) is 9.62. The van der Waals surface area contributed by atoms with Crippen LogP contribution in [0.25, 0.3) is 0 Å². The number of carbonyl (C=O) groups is 1. The van der Waals surface area contributed by atoms with E-state index in [4.69, 9.17) is 0 Å². The van der Waals surface area contributed by atoms with E-state index in [-0.39, 0.29) is 12.1 Å². The number of benzene rings is 1. The highest BCUT2D eigenvalue weighted by Gasteiger charge is 2.20. The molecule has 1 aliphatic carbocycles. The smallest absolute Gasteiger partial charge is 0.315 e. The molecule has 1 fully saturated rings. The zero-order chi connectivity index (χ0) is 14.5. The van der Waals surface area contributed by atoms with Gasteiger partial charge >= 0.3 is 6.03 Å². The lowest BCUT2D eigenvalue weighted by Gasteiger charge is -2.28. The number of fused-ring (bicyclic) bond motifs is 1. The highest BCUT2D eigenvalue weighted by molar-refractivity contribution is 5.74. The summed E-state index contributed by atoms with van der Waals surface area (Å²) in [4.78, 5) is 12.0. The van der Waals surface area contributed by atoms with Crippen molar-refractivity contribution in [1.82, 2.24) is 16.0 Å². The molecule has 1 aliphatic heterocycles. The molecule has 2 amide bonds. The molecular weight excluding hydrogens is 262 g/mol. The van der Waals surface area contributed by atoms with E-state index < -0.39 is 0 Å². The van der Waals surface area contributed by atoms with Gasteiger partial charge in [-0.15, -0.1) is 0 Å². The maximum Gasteiger partial charge on any atom is 0.315 e. The number of nitrogens with one attached hydrogen (secondary N) is 3. The molecule has 0 bridgehead atoms. The third kappa shape index (κ3) is 3.76. The average Bonchev–Trinajstić information content (AvgIpc) is 2.54. The molecule has 0 radical (unpaired) electrons. The summed E-state index contributed by atoms with van der Waals surface area (Å²) in [5.41, 5.74) is 2.72. The lowest BCUT2D eigenvalue weighted by molar-refractivity contribution is 0.231. The van der Waals surface area contributed by atoms with Crippen LogP contribution in [0.1, 0.15) is 49.3 Å². The molecule has 1 heterocycles. The maximum atomic E-state index is 12.0. The lowest BCUT2D eigenvalue weighted by Crippen LogP contribution is -2.46. The van der Waals surface area contributed by atoms with Gasteiger partial charge in [0.05, 0.1) is 0 Å². The van der Waals surface area contributed by atoms with Gasteiger partial charge in [0.25, 0.3) is 0 Å². The number of rotatable bonds is 3. The summed E-state index contributed by atoms with van der Waals surface area (Å²) in [5.74, 6) is 0. The van der Waals surface area contributed by atoms with Crippen molar-refractivity contribution in [3.63, 3.8) is 0 Å². The van der Waals surface area contributed by atoms with Crippen LogP contribution in [0, 0.1) is 0 Å². The van der Waals surface area contributed by atoms with Crippen LogP contribution >= 0.6 is 0 Å². The molecule has 1 aromatic rings. The molecule has 1 aromatic carbocycles. The van der Waals surface area contributed by atoms with Crippen LogP contribution in [-0.2, 0) is 6.42 Å². The van der Waals surface area contributed by atoms with E-state index in [0.717, 1.165) is 25.8 Å². The number of hydrogen-bond acceptors (Lipinski definition) is 2. The fourth-order valence-electron chi connectivity index (χ4n) is 3.45. The van der Waals surface area contributed by atoms with Gasteiger partial charge in [0.15, 0.2) is 0 Å². The van der Waals surface area contributed by atoms with Crippen molar-refractivity contribution in [2.24, 2.45) is 0 Å². The molecule has 3 N–H and O–H groups in total. The Morgan fingerprint density at radius 3 is 2.86 bits per heavy atom. The minimum atomic E-state index is -0.0215. The Balaban J connectivity index is 1.50. The molecule has 0 aromatic heterocycles. The van der Waals surface area contributed by atoms with E-state index in [1.807, 2.05) is 0 Å². The molecular formula is C17H25N3O. The Hall–Kier alpha value is -1.55. The van der Waals surface area contributed by atoms with E-state index in [9.17, 15) is 4.79 Å². The Morgan fingerprint density at radius 1 is 1.19 bits per heavy atom. The van der Waals surface area contributed by atoms with Crippen molar-refractivity contribution >= 4 is 6.03 Å². The van der Waals surface area contributed by atoms with E-state index in [1.54, 1.807) is 0 Å². The van der Waals surface area contributed by atoms with E-state index in [0.29, 0.717) is 12.6 Å². The van der Waals surface area contributed by atoms with Crippen LogP contribution in [0.5, 0.6) is 0 Å². The first-order valence-electron chi connectivity index (χ1n) is 8.18. The van der Waals surface area contributed by atoms with Gasteiger partial charge in [0.1, 0.15) is 0 Å².